The molecule has 0 saturated carbocycles. The lowest BCUT2D eigenvalue weighted by molar-refractivity contribution is 0.316. The van der Waals surface area contributed by atoms with E-state index in [-0.39, 0.29) is 5.84 Å². The van der Waals surface area contributed by atoms with Gasteiger partial charge in [-0.25, -0.2) is 9.97 Å². The second-order valence-electron chi connectivity index (χ2n) is 3.83. The molecule has 0 bridgehead atoms. The van der Waals surface area contributed by atoms with Crippen LogP contribution in [0.4, 0.5) is 0 Å². The number of rotatable bonds is 6. The van der Waals surface area contributed by atoms with Crippen LogP contribution in [-0.4, -0.2) is 26.8 Å². The first-order chi connectivity index (χ1) is 8.11. The van der Waals surface area contributed by atoms with Crippen LogP contribution in [0.3, 0.4) is 0 Å². The molecule has 0 spiro atoms. The van der Waals surface area contributed by atoms with Gasteiger partial charge in [0.05, 0.1) is 0 Å². The van der Waals surface area contributed by atoms with E-state index in [9.17, 15) is 0 Å². The van der Waals surface area contributed by atoms with Crippen LogP contribution >= 0.6 is 11.8 Å². The Kier molecular flexibility index (Phi) is 5.76. The molecule has 1 aromatic heterocycles. The maximum atomic E-state index is 8.37. The van der Waals surface area contributed by atoms with E-state index in [0.717, 1.165) is 35.1 Å². The van der Waals surface area contributed by atoms with Crippen molar-refractivity contribution in [3.63, 3.8) is 0 Å². The van der Waals surface area contributed by atoms with E-state index >= 15 is 0 Å². The average Bonchev–Trinajstić information content (AvgIpc) is 2.27. The third kappa shape index (κ3) is 5.53. The Labute approximate surface area is 106 Å². The van der Waals surface area contributed by atoms with Gasteiger partial charge in [-0.2, -0.15) is 0 Å². The van der Waals surface area contributed by atoms with Crippen LogP contribution in [0, 0.1) is 13.8 Å². The lowest BCUT2D eigenvalue weighted by atomic mass is 10.2. The van der Waals surface area contributed by atoms with E-state index in [1.54, 1.807) is 11.8 Å². The number of hydrogen-bond acceptors (Lipinski definition) is 5. The summed E-state index contributed by atoms with van der Waals surface area (Å²) in [4.78, 5) is 8.69. The molecule has 0 saturated heterocycles. The summed E-state index contributed by atoms with van der Waals surface area (Å²) >= 11 is 1.64. The van der Waals surface area contributed by atoms with Crippen molar-refractivity contribution < 1.29 is 5.21 Å². The molecule has 0 aliphatic rings. The number of nitrogens with two attached hydrogens (primary N) is 1. The van der Waals surface area contributed by atoms with E-state index in [2.05, 4.69) is 15.1 Å². The first kappa shape index (κ1) is 13.8. The Morgan fingerprint density at radius 3 is 2.59 bits per heavy atom. The van der Waals surface area contributed by atoms with Crippen molar-refractivity contribution in [3.05, 3.63) is 17.5 Å². The van der Waals surface area contributed by atoms with Gasteiger partial charge in [-0.3, -0.25) is 0 Å². The number of unbranched alkanes of at least 4 members (excludes halogenated alkanes) is 1. The summed E-state index contributed by atoms with van der Waals surface area (Å²) in [5.74, 6) is 1.24. The molecule has 0 radical (unpaired) electrons. The van der Waals surface area contributed by atoms with Gasteiger partial charge in [0, 0.05) is 23.6 Å². The molecule has 0 aliphatic heterocycles. The van der Waals surface area contributed by atoms with Gasteiger partial charge in [-0.05, 0) is 32.8 Å². The predicted octanol–water partition coefficient (Wildman–Crippen LogP) is 2.10. The Morgan fingerprint density at radius 2 is 2.00 bits per heavy atom. The first-order valence-electron chi connectivity index (χ1n) is 5.53. The highest BCUT2D eigenvalue weighted by molar-refractivity contribution is 7.99. The third-order valence-corrected chi connectivity index (χ3v) is 3.08. The number of thioether (sulfide) groups is 1. The molecule has 3 N–H and O–H groups in total. The molecular weight excluding hydrogens is 236 g/mol. The Hall–Kier alpha value is -1.30. The molecule has 1 heterocycles. The van der Waals surface area contributed by atoms with Crippen LogP contribution in [0.15, 0.2) is 16.4 Å². The summed E-state index contributed by atoms with van der Waals surface area (Å²) in [5.41, 5.74) is 7.37. The highest BCUT2D eigenvalue weighted by Gasteiger charge is 2.00. The van der Waals surface area contributed by atoms with Gasteiger partial charge in [0.1, 0.15) is 5.84 Å². The Balaban J connectivity index is 2.26. The van der Waals surface area contributed by atoms with Crippen LogP contribution < -0.4 is 5.73 Å². The molecule has 5 nitrogen and oxygen atoms in total. The largest absolute Gasteiger partial charge is 0.409 e. The SMILES string of the molecule is Cc1cc(C)nc(SCCCCC(N)=NO)n1. The number of hydrogen-bond donors (Lipinski definition) is 2. The number of aromatic nitrogens is 2. The second kappa shape index (κ2) is 7.11. The Bertz CT molecular complexity index is 375. The fourth-order valence-corrected chi connectivity index (χ4v) is 2.33. The van der Waals surface area contributed by atoms with Gasteiger partial charge in [0.15, 0.2) is 5.16 Å². The van der Waals surface area contributed by atoms with Crippen molar-refractivity contribution in [2.45, 2.75) is 38.3 Å². The van der Waals surface area contributed by atoms with Crippen molar-refractivity contribution in [1.29, 1.82) is 0 Å². The highest BCUT2D eigenvalue weighted by Crippen LogP contribution is 2.16. The highest BCUT2D eigenvalue weighted by atomic mass is 32.2. The zero-order chi connectivity index (χ0) is 12.7. The molecule has 17 heavy (non-hydrogen) atoms. The zero-order valence-corrected chi connectivity index (χ0v) is 11.0. The smallest absolute Gasteiger partial charge is 0.187 e. The number of oxime groups is 1. The lowest BCUT2D eigenvalue weighted by Gasteiger charge is -2.02. The van der Waals surface area contributed by atoms with E-state index in [4.69, 9.17) is 10.9 Å². The van der Waals surface area contributed by atoms with Gasteiger partial charge in [-0.15, -0.1) is 0 Å². The van der Waals surface area contributed by atoms with Gasteiger partial charge in [-0.1, -0.05) is 16.9 Å². The van der Waals surface area contributed by atoms with Gasteiger partial charge < -0.3 is 10.9 Å². The summed E-state index contributed by atoms with van der Waals surface area (Å²) in [6, 6.07) is 1.96. The Morgan fingerprint density at radius 1 is 1.35 bits per heavy atom. The summed E-state index contributed by atoms with van der Waals surface area (Å²) in [6.07, 6.45) is 2.54. The van der Waals surface area contributed by atoms with Crippen LogP contribution in [0.2, 0.25) is 0 Å². The molecule has 94 valence electrons. The molecule has 0 aromatic carbocycles. The standard InChI is InChI=1S/C11H18N4OS/c1-8-7-9(2)14-11(13-8)17-6-4-3-5-10(12)15-16/h7,16H,3-6H2,1-2H3,(H2,12,15). The molecule has 0 unspecified atom stereocenters. The fourth-order valence-electron chi connectivity index (χ4n) is 1.38. The van der Waals surface area contributed by atoms with Gasteiger partial charge in [0.25, 0.3) is 0 Å². The van der Waals surface area contributed by atoms with Crippen molar-refractivity contribution in [1.82, 2.24) is 9.97 Å². The van der Waals surface area contributed by atoms with Crippen LogP contribution in [0.1, 0.15) is 30.7 Å². The number of amidine groups is 1. The van der Waals surface area contributed by atoms with Crippen molar-refractivity contribution >= 4 is 17.6 Å². The molecule has 1 aromatic rings. The third-order valence-electron chi connectivity index (χ3n) is 2.15. The summed E-state index contributed by atoms with van der Waals surface area (Å²) in [6.45, 7) is 3.94. The van der Waals surface area contributed by atoms with Gasteiger partial charge >= 0.3 is 0 Å². The van der Waals surface area contributed by atoms with E-state index in [0.29, 0.717) is 6.42 Å². The van der Waals surface area contributed by atoms with Crippen molar-refractivity contribution in [2.24, 2.45) is 10.9 Å². The number of aryl methyl sites for hydroxylation is 2. The molecule has 0 amide bonds. The van der Waals surface area contributed by atoms with Crippen LogP contribution in [0.25, 0.3) is 0 Å². The monoisotopic (exact) mass is 254 g/mol. The number of nitrogens with zero attached hydrogens (tertiary/aromatic N) is 3. The van der Waals surface area contributed by atoms with E-state index in [1.165, 1.54) is 0 Å². The molecule has 0 atom stereocenters. The molecule has 0 fully saturated rings. The average molecular weight is 254 g/mol. The minimum atomic E-state index is 0.289. The molecule has 6 heteroatoms. The lowest BCUT2D eigenvalue weighted by Crippen LogP contribution is -2.10. The van der Waals surface area contributed by atoms with Crippen molar-refractivity contribution in [2.75, 3.05) is 5.75 Å². The maximum Gasteiger partial charge on any atom is 0.187 e. The van der Waals surface area contributed by atoms with Gasteiger partial charge in [0.2, 0.25) is 0 Å². The summed E-state index contributed by atoms with van der Waals surface area (Å²) < 4.78 is 0. The summed E-state index contributed by atoms with van der Waals surface area (Å²) in [7, 11) is 0. The maximum absolute atomic E-state index is 8.37. The zero-order valence-electron chi connectivity index (χ0n) is 10.2. The van der Waals surface area contributed by atoms with E-state index < -0.39 is 0 Å². The molecule has 0 aliphatic carbocycles. The normalized spacial score (nSPS) is 11.8. The predicted molar refractivity (Wildman–Crippen MR) is 69.5 cm³/mol. The minimum Gasteiger partial charge on any atom is -0.409 e. The first-order valence-corrected chi connectivity index (χ1v) is 6.52. The van der Waals surface area contributed by atoms with Crippen LogP contribution in [-0.2, 0) is 0 Å². The van der Waals surface area contributed by atoms with Crippen LogP contribution in [0.5, 0.6) is 0 Å². The minimum absolute atomic E-state index is 0.289. The van der Waals surface area contributed by atoms with Crippen molar-refractivity contribution in [3.8, 4) is 0 Å². The second-order valence-corrected chi connectivity index (χ2v) is 4.89. The summed E-state index contributed by atoms with van der Waals surface area (Å²) in [5, 5.41) is 12.1. The molecular formula is C11H18N4OS. The van der Waals surface area contributed by atoms with E-state index in [1.807, 2.05) is 19.9 Å². The molecule has 1 rings (SSSR count). The topological polar surface area (TPSA) is 84.4 Å². The quantitative estimate of drug-likeness (QED) is 0.154. The fraction of sp³-hybridized carbons (Fsp3) is 0.545.